The summed E-state index contributed by atoms with van der Waals surface area (Å²) >= 11 is 8.11. The zero-order valence-electron chi connectivity index (χ0n) is 9.05. The average Bonchev–Trinajstić information content (AvgIpc) is 2.56. The van der Waals surface area contributed by atoms with Crippen LogP contribution in [0.4, 0.5) is 0 Å². The second kappa shape index (κ2) is 6.74. The predicted octanol–water partition coefficient (Wildman–Crippen LogP) is 3.43. The van der Waals surface area contributed by atoms with Crippen molar-refractivity contribution in [2.45, 2.75) is 20.0 Å². The molecule has 1 N–H and O–H groups in total. The number of halogens is 2. The van der Waals surface area contributed by atoms with E-state index in [4.69, 9.17) is 4.74 Å². The molecule has 3 nitrogen and oxygen atoms in total. The van der Waals surface area contributed by atoms with E-state index in [1.54, 1.807) is 6.07 Å². The van der Waals surface area contributed by atoms with Crippen molar-refractivity contribution in [1.29, 1.82) is 0 Å². The first-order chi connectivity index (χ1) is 7.54. The first-order valence-electron chi connectivity index (χ1n) is 4.89. The third-order valence-electron chi connectivity index (χ3n) is 1.87. The van der Waals surface area contributed by atoms with Crippen molar-refractivity contribution >= 4 is 49.1 Å². The molecule has 6 heteroatoms. The number of rotatable bonds is 5. The molecule has 0 spiro atoms. The van der Waals surface area contributed by atoms with Gasteiger partial charge in [-0.25, -0.2) is 0 Å². The molecular weight excluding hydrogens is 358 g/mol. The summed E-state index contributed by atoms with van der Waals surface area (Å²) in [5.41, 5.74) is 0. The molecule has 1 unspecified atom stereocenters. The molecule has 1 amide bonds. The van der Waals surface area contributed by atoms with E-state index >= 15 is 0 Å². The first-order valence-corrected chi connectivity index (χ1v) is 7.29. The molecule has 0 saturated heterocycles. The maximum Gasteiger partial charge on any atom is 0.261 e. The van der Waals surface area contributed by atoms with Gasteiger partial charge in [0.25, 0.3) is 5.91 Å². The minimum Gasteiger partial charge on any atom is -0.377 e. The Bertz CT molecular complexity index is 348. The van der Waals surface area contributed by atoms with Gasteiger partial charge in [0.05, 0.1) is 14.8 Å². The lowest BCUT2D eigenvalue weighted by Gasteiger charge is -2.11. The van der Waals surface area contributed by atoms with Gasteiger partial charge in [-0.05, 0) is 51.8 Å². The van der Waals surface area contributed by atoms with Crippen LogP contribution in [-0.2, 0) is 4.74 Å². The summed E-state index contributed by atoms with van der Waals surface area (Å²) in [6.45, 7) is 5.06. The summed E-state index contributed by atoms with van der Waals surface area (Å²) < 4.78 is 7.16. The minimum absolute atomic E-state index is 0.0424. The molecule has 1 heterocycles. The lowest BCUT2D eigenvalue weighted by molar-refractivity contribution is 0.0696. The van der Waals surface area contributed by atoms with Crippen molar-refractivity contribution in [3.8, 4) is 0 Å². The molecule has 1 atom stereocenters. The third-order valence-corrected chi connectivity index (χ3v) is 5.13. The predicted molar refractivity (Wildman–Crippen MR) is 73.1 cm³/mol. The maximum atomic E-state index is 11.7. The molecule has 0 aromatic carbocycles. The lowest BCUT2D eigenvalue weighted by Crippen LogP contribution is -2.31. The molecule has 16 heavy (non-hydrogen) atoms. The van der Waals surface area contributed by atoms with Gasteiger partial charge in [0.15, 0.2) is 0 Å². The molecule has 0 aliphatic heterocycles. The van der Waals surface area contributed by atoms with Crippen LogP contribution in [0.5, 0.6) is 0 Å². The number of hydrogen-bond acceptors (Lipinski definition) is 3. The highest BCUT2D eigenvalue weighted by Crippen LogP contribution is 2.32. The Balaban J connectivity index is 2.46. The van der Waals surface area contributed by atoms with E-state index in [1.165, 1.54) is 11.3 Å². The van der Waals surface area contributed by atoms with Crippen LogP contribution in [0.3, 0.4) is 0 Å². The molecule has 1 aromatic rings. The fourth-order valence-electron chi connectivity index (χ4n) is 1.13. The summed E-state index contributed by atoms with van der Waals surface area (Å²) in [5, 5.41) is 2.83. The molecule has 90 valence electrons. The second-order valence-corrected chi connectivity index (χ2v) is 6.43. The Labute approximate surface area is 116 Å². The molecule has 1 rings (SSSR count). The normalized spacial score (nSPS) is 12.5. The monoisotopic (exact) mass is 369 g/mol. The summed E-state index contributed by atoms with van der Waals surface area (Å²) in [4.78, 5) is 12.4. The van der Waals surface area contributed by atoms with Crippen molar-refractivity contribution in [1.82, 2.24) is 5.32 Å². The zero-order valence-corrected chi connectivity index (χ0v) is 13.0. The smallest absolute Gasteiger partial charge is 0.261 e. The largest absolute Gasteiger partial charge is 0.377 e. The van der Waals surface area contributed by atoms with Crippen molar-refractivity contribution in [3.63, 3.8) is 0 Å². The summed E-state index contributed by atoms with van der Waals surface area (Å²) in [5.74, 6) is -0.0667. The Morgan fingerprint density at radius 3 is 2.81 bits per heavy atom. The quantitative estimate of drug-likeness (QED) is 0.862. The van der Waals surface area contributed by atoms with Gasteiger partial charge < -0.3 is 10.1 Å². The summed E-state index contributed by atoms with van der Waals surface area (Å²) in [6.07, 6.45) is 0.0424. The van der Waals surface area contributed by atoms with Crippen LogP contribution in [0.25, 0.3) is 0 Å². The topological polar surface area (TPSA) is 38.3 Å². The average molecular weight is 371 g/mol. The summed E-state index contributed by atoms with van der Waals surface area (Å²) in [7, 11) is 0. The van der Waals surface area contributed by atoms with Crippen molar-refractivity contribution in [2.24, 2.45) is 0 Å². The number of hydrogen-bond donors (Lipinski definition) is 1. The highest BCUT2D eigenvalue weighted by atomic mass is 79.9. The highest BCUT2D eigenvalue weighted by Gasteiger charge is 2.12. The molecule has 0 bridgehead atoms. The van der Waals surface area contributed by atoms with Crippen LogP contribution in [0, 0.1) is 0 Å². The van der Waals surface area contributed by atoms with Crippen molar-refractivity contribution in [2.75, 3.05) is 13.2 Å². The summed E-state index contributed by atoms with van der Waals surface area (Å²) in [6, 6.07) is 1.80. The van der Waals surface area contributed by atoms with E-state index in [-0.39, 0.29) is 12.0 Å². The van der Waals surface area contributed by atoms with Crippen LogP contribution in [-0.4, -0.2) is 25.2 Å². The number of nitrogens with one attached hydrogen (secondary N) is 1. The lowest BCUT2D eigenvalue weighted by atomic mass is 10.3. The molecule has 0 radical (unpaired) electrons. The highest BCUT2D eigenvalue weighted by molar-refractivity contribution is 9.13. The van der Waals surface area contributed by atoms with E-state index < -0.39 is 0 Å². The standard InChI is InChI=1S/C10H13Br2NO2S/c1-3-15-6(2)5-13-10(14)8-4-7(11)9(12)16-8/h4,6H,3,5H2,1-2H3,(H,13,14). The van der Waals surface area contributed by atoms with Gasteiger partial charge in [-0.1, -0.05) is 0 Å². The van der Waals surface area contributed by atoms with E-state index in [1.807, 2.05) is 13.8 Å². The number of carbonyl (C=O) groups is 1. The van der Waals surface area contributed by atoms with Gasteiger partial charge in [0.1, 0.15) is 0 Å². The molecule has 0 aliphatic rings. The van der Waals surface area contributed by atoms with Crippen LogP contribution < -0.4 is 5.32 Å². The van der Waals surface area contributed by atoms with Gasteiger partial charge in [0.2, 0.25) is 0 Å². The van der Waals surface area contributed by atoms with E-state index in [0.29, 0.717) is 18.0 Å². The minimum atomic E-state index is -0.0667. The Morgan fingerprint density at radius 1 is 1.62 bits per heavy atom. The SMILES string of the molecule is CCOC(C)CNC(=O)c1cc(Br)c(Br)s1. The molecule has 0 saturated carbocycles. The van der Waals surface area contributed by atoms with Gasteiger partial charge in [-0.2, -0.15) is 0 Å². The Hall–Kier alpha value is 0.0900. The van der Waals surface area contributed by atoms with Crippen LogP contribution >= 0.6 is 43.2 Å². The fourth-order valence-corrected chi connectivity index (χ4v) is 3.08. The number of ether oxygens (including phenoxy) is 1. The molecule has 1 aromatic heterocycles. The number of amides is 1. The molecule has 0 aliphatic carbocycles. The van der Waals surface area contributed by atoms with E-state index in [0.717, 1.165) is 8.26 Å². The number of carbonyl (C=O) groups excluding carboxylic acids is 1. The molecule has 0 fully saturated rings. The fraction of sp³-hybridized carbons (Fsp3) is 0.500. The zero-order chi connectivity index (χ0) is 12.1. The van der Waals surface area contributed by atoms with Gasteiger partial charge in [-0.3, -0.25) is 4.79 Å². The second-order valence-electron chi connectivity index (χ2n) is 3.21. The Morgan fingerprint density at radius 2 is 2.31 bits per heavy atom. The maximum absolute atomic E-state index is 11.7. The first kappa shape index (κ1) is 14.2. The number of thiophene rings is 1. The Kier molecular flexibility index (Phi) is 5.96. The van der Waals surface area contributed by atoms with E-state index in [2.05, 4.69) is 37.2 Å². The van der Waals surface area contributed by atoms with Crippen molar-refractivity contribution < 1.29 is 9.53 Å². The van der Waals surface area contributed by atoms with Crippen molar-refractivity contribution in [3.05, 3.63) is 19.2 Å². The van der Waals surface area contributed by atoms with E-state index in [9.17, 15) is 4.79 Å². The van der Waals surface area contributed by atoms with Gasteiger partial charge >= 0.3 is 0 Å². The van der Waals surface area contributed by atoms with Crippen LogP contribution in [0.1, 0.15) is 23.5 Å². The van der Waals surface area contributed by atoms with Gasteiger partial charge in [-0.15, -0.1) is 11.3 Å². The van der Waals surface area contributed by atoms with Gasteiger partial charge in [0, 0.05) is 17.6 Å². The van der Waals surface area contributed by atoms with Crippen LogP contribution in [0.15, 0.2) is 14.3 Å². The third kappa shape index (κ3) is 4.16. The van der Waals surface area contributed by atoms with Crippen LogP contribution in [0.2, 0.25) is 0 Å². The molecular formula is C10H13Br2NO2S.